The molecule has 1 N–H and O–H groups in total. The van der Waals surface area contributed by atoms with Gasteiger partial charge in [-0.25, -0.2) is 0 Å². The lowest BCUT2D eigenvalue weighted by Gasteiger charge is -2.46. The van der Waals surface area contributed by atoms with E-state index >= 15 is 0 Å². The molecular formula is C28H56N4O2. The zero-order valence-electron chi connectivity index (χ0n) is 23.9. The number of hydrogen-bond donors (Lipinski definition) is 1. The van der Waals surface area contributed by atoms with Crippen LogP contribution in [0, 0.1) is 5.92 Å². The largest absolute Gasteiger partial charge is 0.393 e. The molecule has 0 aromatic rings. The molecule has 3 aliphatic rings. The monoisotopic (exact) mass is 480 g/mol. The van der Waals surface area contributed by atoms with Gasteiger partial charge in [-0.2, -0.15) is 0 Å². The van der Waals surface area contributed by atoms with Gasteiger partial charge >= 0.3 is 0 Å². The number of aliphatic hydroxyl groups excluding tert-OH is 1. The van der Waals surface area contributed by atoms with Crippen molar-refractivity contribution in [3.8, 4) is 0 Å². The standard InChI is InChI=1S/C28H56N4O2/c1-26(2,3)32-18-22(16-24(32)17-27(4,5)30-14-11-25(33)12-15-30)20-34-21-28(6,7)31-13-10-23(19-31)29(8)9/h22-25,33H,10-21H2,1-9H3. The summed E-state index contributed by atoms with van der Waals surface area (Å²) < 4.78 is 6.44. The number of hydrogen-bond acceptors (Lipinski definition) is 6. The Labute approximate surface area is 211 Å². The van der Waals surface area contributed by atoms with Crippen LogP contribution in [0.15, 0.2) is 0 Å². The second kappa shape index (κ2) is 11.0. The van der Waals surface area contributed by atoms with Gasteiger partial charge in [0.1, 0.15) is 0 Å². The Hall–Kier alpha value is -0.240. The van der Waals surface area contributed by atoms with E-state index in [9.17, 15) is 5.11 Å². The van der Waals surface area contributed by atoms with Crippen LogP contribution < -0.4 is 0 Å². The number of aliphatic hydroxyl groups is 1. The number of piperidine rings is 1. The van der Waals surface area contributed by atoms with E-state index in [0.29, 0.717) is 18.0 Å². The summed E-state index contributed by atoms with van der Waals surface area (Å²) in [6.45, 7) is 23.8. The third-order valence-electron chi connectivity index (χ3n) is 8.98. The molecule has 34 heavy (non-hydrogen) atoms. The molecule has 0 radical (unpaired) electrons. The van der Waals surface area contributed by atoms with Crippen LogP contribution >= 0.6 is 0 Å². The van der Waals surface area contributed by atoms with Crippen molar-refractivity contribution in [2.45, 2.75) is 115 Å². The fourth-order valence-electron chi connectivity index (χ4n) is 6.61. The van der Waals surface area contributed by atoms with Gasteiger partial charge in [0.25, 0.3) is 0 Å². The van der Waals surface area contributed by atoms with Crippen LogP contribution in [-0.4, -0.2) is 120 Å². The van der Waals surface area contributed by atoms with Gasteiger partial charge in [-0.15, -0.1) is 0 Å². The van der Waals surface area contributed by atoms with Crippen molar-refractivity contribution in [2.75, 3.05) is 60.0 Å². The minimum atomic E-state index is -0.107. The Bertz CT molecular complexity index is 637. The third-order valence-corrected chi connectivity index (χ3v) is 8.98. The van der Waals surface area contributed by atoms with Crippen molar-refractivity contribution in [1.29, 1.82) is 0 Å². The predicted molar refractivity (Wildman–Crippen MR) is 142 cm³/mol. The maximum Gasteiger partial charge on any atom is 0.0645 e. The Morgan fingerprint density at radius 1 is 0.853 bits per heavy atom. The molecule has 6 heteroatoms. The topological polar surface area (TPSA) is 42.4 Å². The highest BCUT2D eigenvalue weighted by Gasteiger charge is 2.43. The van der Waals surface area contributed by atoms with Crippen LogP contribution in [-0.2, 0) is 4.74 Å². The summed E-state index contributed by atoms with van der Waals surface area (Å²) in [6, 6.07) is 1.25. The molecule has 0 saturated carbocycles. The van der Waals surface area contributed by atoms with Crippen LogP contribution in [0.3, 0.4) is 0 Å². The number of likely N-dealkylation sites (tertiary alicyclic amines) is 3. The maximum atomic E-state index is 9.95. The first-order chi connectivity index (χ1) is 15.7. The van der Waals surface area contributed by atoms with Gasteiger partial charge in [0, 0.05) is 61.4 Å². The summed E-state index contributed by atoms with van der Waals surface area (Å²) in [4.78, 5) is 10.3. The molecule has 3 saturated heterocycles. The first-order valence-electron chi connectivity index (χ1n) is 13.9. The quantitative estimate of drug-likeness (QED) is 0.545. The second-order valence-corrected chi connectivity index (χ2v) is 14.0. The molecular weight excluding hydrogens is 424 g/mol. The molecule has 3 fully saturated rings. The molecule has 3 rings (SSSR count). The van der Waals surface area contributed by atoms with Crippen molar-refractivity contribution in [3.05, 3.63) is 0 Å². The second-order valence-electron chi connectivity index (χ2n) is 14.0. The summed E-state index contributed by atoms with van der Waals surface area (Å²) in [5, 5.41) is 9.95. The molecule has 0 aromatic carbocycles. The highest BCUT2D eigenvalue weighted by Crippen LogP contribution is 2.37. The molecule has 3 atom stereocenters. The molecule has 0 bridgehead atoms. The predicted octanol–water partition coefficient (Wildman–Crippen LogP) is 3.53. The molecule has 0 aromatic heterocycles. The van der Waals surface area contributed by atoms with Gasteiger partial charge in [0.2, 0.25) is 0 Å². The Morgan fingerprint density at radius 2 is 1.47 bits per heavy atom. The third kappa shape index (κ3) is 7.17. The average molecular weight is 481 g/mol. The van der Waals surface area contributed by atoms with Gasteiger partial charge in [-0.1, -0.05) is 0 Å². The normalized spacial score (nSPS) is 29.6. The first kappa shape index (κ1) is 28.3. The Balaban J connectivity index is 1.53. The van der Waals surface area contributed by atoms with Gasteiger partial charge < -0.3 is 14.7 Å². The zero-order chi connectivity index (χ0) is 25.3. The van der Waals surface area contributed by atoms with Gasteiger partial charge in [-0.3, -0.25) is 14.7 Å². The van der Waals surface area contributed by atoms with Crippen molar-refractivity contribution >= 4 is 0 Å². The SMILES string of the molecule is CN(C)C1CCN(C(C)(C)COCC2CC(CC(C)(C)N3CCC(O)CC3)N(C(C)(C)C)C2)C1. The lowest BCUT2D eigenvalue weighted by atomic mass is 9.88. The van der Waals surface area contributed by atoms with E-state index in [1.807, 2.05) is 0 Å². The van der Waals surface area contributed by atoms with Crippen LogP contribution in [0.25, 0.3) is 0 Å². The number of rotatable bonds is 9. The summed E-state index contributed by atoms with van der Waals surface area (Å²) >= 11 is 0. The summed E-state index contributed by atoms with van der Waals surface area (Å²) in [7, 11) is 4.40. The lowest BCUT2D eigenvalue weighted by Crippen LogP contribution is -2.53. The molecule has 3 heterocycles. The van der Waals surface area contributed by atoms with Crippen LogP contribution in [0.2, 0.25) is 0 Å². The Kier molecular flexibility index (Phi) is 9.18. The van der Waals surface area contributed by atoms with Crippen molar-refractivity contribution in [1.82, 2.24) is 19.6 Å². The van der Waals surface area contributed by atoms with E-state index in [4.69, 9.17) is 4.74 Å². The van der Waals surface area contributed by atoms with E-state index in [2.05, 4.69) is 82.2 Å². The van der Waals surface area contributed by atoms with Gasteiger partial charge in [0.05, 0.1) is 19.3 Å². The Morgan fingerprint density at radius 3 is 2.03 bits per heavy atom. The number of nitrogens with zero attached hydrogens (tertiary/aromatic N) is 4. The smallest absolute Gasteiger partial charge is 0.0645 e. The van der Waals surface area contributed by atoms with Crippen LogP contribution in [0.4, 0.5) is 0 Å². The van der Waals surface area contributed by atoms with E-state index in [-0.39, 0.29) is 22.7 Å². The fourth-order valence-corrected chi connectivity index (χ4v) is 6.61. The highest BCUT2D eigenvalue weighted by molar-refractivity contribution is 4.98. The van der Waals surface area contributed by atoms with E-state index in [0.717, 1.165) is 52.2 Å². The molecule has 0 spiro atoms. The van der Waals surface area contributed by atoms with Crippen LogP contribution in [0.5, 0.6) is 0 Å². The van der Waals surface area contributed by atoms with Crippen molar-refractivity contribution in [3.63, 3.8) is 0 Å². The summed E-state index contributed by atoms with van der Waals surface area (Å²) in [5.41, 5.74) is 0.418. The summed E-state index contributed by atoms with van der Waals surface area (Å²) in [6.07, 6.45) is 5.38. The zero-order valence-corrected chi connectivity index (χ0v) is 23.9. The van der Waals surface area contributed by atoms with E-state index in [1.165, 1.54) is 25.8 Å². The average Bonchev–Trinajstić information content (AvgIpc) is 3.36. The van der Waals surface area contributed by atoms with E-state index < -0.39 is 0 Å². The maximum absolute atomic E-state index is 9.95. The van der Waals surface area contributed by atoms with Gasteiger partial charge in [-0.05, 0) is 101 Å². The highest BCUT2D eigenvalue weighted by atomic mass is 16.5. The van der Waals surface area contributed by atoms with E-state index in [1.54, 1.807) is 0 Å². The van der Waals surface area contributed by atoms with Crippen LogP contribution in [0.1, 0.15) is 80.6 Å². The molecule has 0 aliphatic carbocycles. The molecule has 6 nitrogen and oxygen atoms in total. The number of ether oxygens (including phenoxy) is 1. The lowest BCUT2D eigenvalue weighted by molar-refractivity contribution is 0.00540. The first-order valence-corrected chi connectivity index (χ1v) is 13.9. The molecule has 0 amide bonds. The molecule has 200 valence electrons. The minimum Gasteiger partial charge on any atom is -0.393 e. The molecule has 3 aliphatic heterocycles. The fraction of sp³-hybridized carbons (Fsp3) is 1.00. The van der Waals surface area contributed by atoms with Gasteiger partial charge in [0.15, 0.2) is 0 Å². The number of likely N-dealkylation sites (N-methyl/N-ethyl adjacent to an activating group) is 1. The minimum absolute atomic E-state index is 0.0906. The summed E-state index contributed by atoms with van der Waals surface area (Å²) in [5.74, 6) is 0.604. The van der Waals surface area contributed by atoms with Crippen molar-refractivity contribution < 1.29 is 9.84 Å². The molecule has 3 unspecified atom stereocenters. The van der Waals surface area contributed by atoms with Crippen molar-refractivity contribution in [2.24, 2.45) is 5.92 Å².